The van der Waals surface area contributed by atoms with E-state index in [0.29, 0.717) is 5.70 Å². The molecule has 0 bridgehead atoms. The van der Waals surface area contributed by atoms with Crippen molar-refractivity contribution in [3.63, 3.8) is 0 Å². The maximum Gasteiger partial charge on any atom is 0.0564 e. The average molecular weight is 177 g/mol. The van der Waals surface area contributed by atoms with Crippen LogP contribution in [-0.2, 0) is 0 Å². The van der Waals surface area contributed by atoms with E-state index in [1.165, 1.54) is 10.6 Å². The summed E-state index contributed by atoms with van der Waals surface area (Å²) in [5.41, 5.74) is 8.67. The van der Waals surface area contributed by atoms with Crippen molar-refractivity contribution in [2.24, 2.45) is 11.6 Å². The van der Waals surface area contributed by atoms with E-state index in [-0.39, 0.29) is 0 Å². The quantitative estimate of drug-likeness (QED) is 0.524. The summed E-state index contributed by atoms with van der Waals surface area (Å²) in [5.74, 6) is 5.44. The summed E-state index contributed by atoms with van der Waals surface area (Å²) in [6.07, 6.45) is 1.69. The Labute approximate surface area is 78.6 Å². The zero-order chi connectivity index (χ0) is 9.84. The molecule has 0 aliphatic heterocycles. The van der Waals surface area contributed by atoms with Crippen LogP contribution in [0, 0.1) is 6.92 Å². The largest absolute Gasteiger partial charge is 0.397 e. The maximum atomic E-state index is 5.79. The van der Waals surface area contributed by atoms with Crippen molar-refractivity contribution in [1.82, 2.24) is 5.01 Å². The van der Waals surface area contributed by atoms with Crippen molar-refractivity contribution in [3.8, 4) is 0 Å². The molecule has 0 heterocycles. The predicted octanol–water partition coefficient (Wildman–Crippen LogP) is 1.06. The number of hydrazine groups is 1. The first-order valence-electron chi connectivity index (χ1n) is 4.11. The van der Waals surface area contributed by atoms with Gasteiger partial charge in [0.1, 0.15) is 0 Å². The molecule has 0 aliphatic rings. The minimum atomic E-state index is 0.671. The summed E-state index contributed by atoms with van der Waals surface area (Å²) in [4.78, 5) is 0. The highest BCUT2D eigenvalue weighted by molar-refractivity contribution is 5.62. The van der Waals surface area contributed by atoms with Gasteiger partial charge in [-0.25, -0.2) is 5.84 Å². The molecule has 1 aromatic carbocycles. The summed E-state index contributed by atoms with van der Waals surface area (Å²) in [7, 11) is 1.74. The fraction of sp³-hybridized carbons (Fsp3) is 0.200. The van der Waals surface area contributed by atoms with Gasteiger partial charge >= 0.3 is 0 Å². The fourth-order valence-electron chi connectivity index (χ4n) is 1.04. The Balaban J connectivity index is 2.89. The van der Waals surface area contributed by atoms with Gasteiger partial charge in [-0.3, -0.25) is 0 Å². The predicted molar refractivity (Wildman–Crippen MR) is 55.3 cm³/mol. The smallest absolute Gasteiger partial charge is 0.0564 e. The lowest BCUT2D eigenvalue weighted by atomic mass is 10.1. The van der Waals surface area contributed by atoms with Crippen LogP contribution < -0.4 is 11.6 Å². The van der Waals surface area contributed by atoms with Crippen LogP contribution in [0.4, 0.5) is 0 Å². The Morgan fingerprint density at radius 1 is 1.31 bits per heavy atom. The highest BCUT2D eigenvalue weighted by Gasteiger charge is 1.95. The lowest BCUT2D eigenvalue weighted by Gasteiger charge is -2.07. The molecular weight excluding hydrogens is 162 g/mol. The standard InChI is InChI=1S/C10H15N3/c1-8-3-5-9(6-4-8)10(11)7-13(2)12/h3-7H,11-12H2,1-2H3/b10-7-. The number of rotatable bonds is 2. The summed E-state index contributed by atoms with van der Waals surface area (Å²) in [6, 6.07) is 7.99. The summed E-state index contributed by atoms with van der Waals surface area (Å²) in [6.45, 7) is 2.04. The van der Waals surface area contributed by atoms with Crippen LogP contribution in [0.5, 0.6) is 0 Å². The third-order valence-corrected chi connectivity index (χ3v) is 1.73. The number of aryl methyl sites for hydroxylation is 1. The van der Waals surface area contributed by atoms with Gasteiger partial charge in [-0.15, -0.1) is 0 Å². The van der Waals surface area contributed by atoms with Crippen LogP contribution in [0.3, 0.4) is 0 Å². The minimum absolute atomic E-state index is 0.671. The second kappa shape index (κ2) is 3.96. The molecule has 4 N–H and O–H groups in total. The van der Waals surface area contributed by atoms with Crippen LogP contribution in [0.2, 0.25) is 0 Å². The van der Waals surface area contributed by atoms with Crippen molar-refractivity contribution in [2.75, 3.05) is 7.05 Å². The van der Waals surface area contributed by atoms with E-state index in [2.05, 4.69) is 0 Å². The number of benzene rings is 1. The second-order valence-electron chi connectivity index (χ2n) is 3.12. The third kappa shape index (κ3) is 2.80. The molecule has 0 aliphatic carbocycles. The molecule has 0 unspecified atom stereocenters. The second-order valence-corrected chi connectivity index (χ2v) is 3.12. The molecule has 1 aromatic rings. The fourth-order valence-corrected chi connectivity index (χ4v) is 1.04. The van der Waals surface area contributed by atoms with Gasteiger partial charge in [-0.05, 0) is 12.5 Å². The molecule has 0 saturated carbocycles. The molecule has 0 aromatic heterocycles. The first-order valence-corrected chi connectivity index (χ1v) is 4.11. The lowest BCUT2D eigenvalue weighted by molar-refractivity contribution is 0.486. The van der Waals surface area contributed by atoms with Gasteiger partial charge in [0.25, 0.3) is 0 Å². The van der Waals surface area contributed by atoms with Crippen LogP contribution in [0.1, 0.15) is 11.1 Å². The van der Waals surface area contributed by atoms with Crippen molar-refractivity contribution in [2.45, 2.75) is 6.92 Å². The van der Waals surface area contributed by atoms with E-state index in [1.807, 2.05) is 31.2 Å². The molecule has 0 amide bonds. The molecule has 70 valence electrons. The molecule has 0 atom stereocenters. The van der Waals surface area contributed by atoms with Crippen molar-refractivity contribution in [3.05, 3.63) is 41.6 Å². The molecule has 3 nitrogen and oxygen atoms in total. The number of nitrogens with two attached hydrogens (primary N) is 2. The number of nitrogens with zero attached hydrogens (tertiary/aromatic N) is 1. The molecule has 0 fully saturated rings. The molecule has 0 radical (unpaired) electrons. The SMILES string of the molecule is Cc1ccc(/C(N)=C/N(C)N)cc1. The first-order chi connectivity index (χ1) is 6.09. The molecule has 0 spiro atoms. The Morgan fingerprint density at radius 2 is 1.85 bits per heavy atom. The highest BCUT2D eigenvalue weighted by Crippen LogP contribution is 2.09. The van der Waals surface area contributed by atoms with E-state index < -0.39 is 0 Å². The zero-order valence-electron chi connectivity index (χ0n) is 7.99. The third-order valence-electron chi connectivity index (χ3n) is 1.73. The van der Waals surface area contributed by atoms with Gasteiger partial charge in [0.05, 0.1) is 5.70 Å². The molecule has 1 rings (SSSR count). The molecule has 13 heavy (non-hydrogen) atoms. The minimum Gasteiger partial charge on any atom is -0.397 e. The van der Waals surface area contributed by atoms with Crippen LogP contribution >= 0.6 is 0 Å². The number of hydrogen-bond donors (Lipinski definition) is 2. The van der Waals surface area contributed by atoms with Gasteiger partial charge in [0.15, 0.2) is 0 Å². The number of hydrogen-bond acceptors (Lipinski definition) is 3. The summed E-state index contributed by atoms with van der Waals surface area (Å²) < 4.78 is 0. The van der Waals surface area contributed by atoms with Crippen LogP contribution in [0.15, 0.2) is 30.5 Å². The van der Waals surface area contributed by atoms with E-state index in [0.717, 1.165) is 5.56 Å². The molecule has 3 heteroatoms. The Kier molecular flexibility index (Phi) is 2.93. The molecular formula is C10H15N3. The van der Waals surface area contributed by atoms with Crippen LogP contribution in [-0.4, -0.2) is 12.1 Å². The van der Waals surface area contributed by atoms with Gasteiger partial charge in [-0.1, -0.05) is 29.8 Å². The normalized spacial score (nSPS) is 11.5. The lowest BCUT2D eigenvalue weighted by Crippen LogP contribution is -2.20. The molecule has 0 saturated heterocycles. The summed E-state index contributed by atoms with van der Waals surface area (Å²) in [5, 5.41) is 1.44. The Hall–Kier alpha value is -1.48. The van der Waals surface area contributed by atoms with Crippen LogP contribution in [0.25, 0.3) is 5.70 Å². The van der Waals surface area contributed by atoms with Gasteiger partial charge in [-0.2, -0.15) is 0 Å². The zero-order valence-corrected chi connectivity index (χ0v) is 7.99. The summed E-state index contributed by atoms with van der Waals surface area (Å²) >= 11 is 0. The maximum absolute atomic E-state index is 5.79. The Bertz CT molecular complexity index is 298. The van der Waals surface area contributed by atoms with Gasteiger partial charge < -0.3 is 10.7 Å². The van der Waals surface area contributed by atoms with E-state index in [4.69, 9.17) is 11.6 Å². The van der Waals surface area contributed by atoms with Crippen molar-refractivity contribution >= 4 is 5.70 Å². The van der Waals surface area contributed by atoms with E-state index >= 15 is 0 Å². The monoisotopic (exact) mass is 177 g/mol. The topological polar surface area (TPSA) is 55.3 Å². The Morgan fingerprint density at radius 3 is 2.31 bits per heavy atom. The van der Waals surface area contributed by atoms with Crippen molar-refractivity contribution in [1.29, 1.82) is 0 Å². The average Bonchev–Trinajstić information content (AvgIpc) is 2.04. The first kappa shape index (κ1) is 9.61. The van der Waals surface area contributed by atoms with Gasteiger partial charge in [0, 0.05) is 13.2 Å². The van der Waals surface area contributed by atoms with Crippen molar-refractivity contribution < 1.29 is 0 Å². The van der Waals surface area contributed by atoms with E-state index in [9.17, 15) is 0 Å². The van der Waals surface area contributed by atoms with E-state index in [1.54, 1.807) is 13.2 Å². The highest BCUT2D eigenvalue weighted by atomic mass is 15.4. The van der Waals surface area contributed by atoms with Gasteiger partial charge in [0.2, 0.25) is 0 Å².